The maximum atomic E-state index is 11.6. The predicted molar refractivity (Wildman–Crippen MR) is 81.2 cm³/mol. The van der Waals surface area contributed by atoms with Crippen LogP contribution in [0.4, 0.5) is 0 Å². The number of aliphatic carboxylic acids is 1. The molecule has 2 saturated heterocycles. The van der Waals surface area contributed by atoms with Gasteiger partial charge in [-0.1, -0.05) is 19.0 Å². The molecule has 0 radical (unpaired) electrons. The molecule has 3 heterocycles. The highest BCUT2D eigenvalue weighted by molar-refractivity contribution is 5.76. The fourth-order valence-electron chi connectivity index (χ4n) is 3.25. The smallest absolute Gasteiger partial charge is 0.313 e. The van der Waals surface area contributed by atoms with Crippen molar-refractivity contribution < 1.29 is 29.1 Å². The summed E-state index contributed by atoms with van der Waals surface area (Å²) in [5.41, 5.74) is -0.759. The van der Waals surface area contributed by atoms with Gasteiger partial charge in [0.25, 0.3) is 6.47 Å². The van der Waals surface area contributed by atoms with Crippen LogP contribution in [0.15, 0.2) is 4.52 Å². The van der Waals surface area contributed by atoms with Gasteiger partial charge in [0.1, 0.15) is 5.41 Å². The Morgan fingerprint density at radius 3 is 2.83 bits per heavy atom. The minimum absolute atomic E-state index is 0.0528. The molecule has 2 fully saturated rings. The summed E-state index contributed by atoms with van der Waals surface area (Å²) in [5, 5.41) is 20.4. The number of likely N-dealkylation sites (tertiary alicyclic amines) is 1. The normalized spacial score (nSPS) is 26.0. The van der Waals surface area contributed by atoms with Crippen LogP contribution in [0, 0.1) is 17.3 Å². The van der Waals surface area contributed by atoms with Gasteiger partial charge in [-0.3, -0.25) is 14.5 Å². The molecule has 0 amide bonds. The van der Waals surface area contributed by atoms with E-state index in [1.165, 1.54) is 0 Å². The van der Waals surface area contributed by atoms with Crippen LogP contribution in [0.25, 0.3) is 0 Å². The second kappa shape index (κ2) is 7.71. The molecule has 9 heteroatoms. The second-order valence-corrected chi connectivity index (χ2v) is 6.65. The lowest BCUT2D eigenvalue weighted by atomic mass is 9.81. The Morgan fingerprint density at radius 1 is 1.54 bits per heavy atom. The first-order valence-corrected chi connectivity index (χ1v) is 7.84. The Bertz CT molecular complexity index is 575. The summed E-state index contributed by atoms with van der Waals surface area (Å²) in [6.07, 6.45) is 0.766. The number of carboxylic acids is 1. The molecule has 134 valence electrons. The van der Waals surface area contributed by atoms with Crippen LogP contribution >= 0.6 is 0 Å². The van der Waals surface area contributed by atoms with Gasteiger partial charge in [0.05, 0.1) is 19.8 Å². The van der Waals surface area contributed by atoms with E-state index in [0.29, 0.717) is 50.5 Å². The zero-order valence-corrected chi connectivity index (χ0v) is 13.8. The third kappa shape index (κ3) is 3.90. The molecule has 0 aliphatic carbocycles. The lowest BCUT2D eigenvalue weighted by Gasteiger charge is -2.21. The van der Waals surface area contributed by atoms with Gasteiger partial charge in [-0.15, -0.1) is 0 Å². The monoisotopic (exact) mass is 341 g/mol. The zero-order valence-electron chi connectivity index (χ0n) is 13.8. The molecule has 0 aromatic carbocycles. The first-order valence-electron chi connectivity index (χ1n) is 7.84. The molecule has 1 aromatic rings. The maximum absolute atomic E-state index is 11.6. The molecule has 9 nitrogen and oxygen atoms in total. The van der Waals surface area contributed by atoms with Gasteiger partial charge in [0.15, 0.2) is 5.82 Å². The first kappa shape index (κ1) is 18.3. The molecule has 2 aliphatic rings. The van der Waals surface area contributed by atoms with Crippen molar-refractivity contribution in [2.45, 2.75) is 26.8 Å². The van der Waals surface area contributed by atoms with E-state index >= 15 is 0 Å². The van der Waals surface area contributed by atoms with E-state index < -0.39 is 11.4 Å². The van der Waals surface area contributed by atoms with Gasteiger partial charge in [0.2, 0.25) is 5.89 Å². The van der Waals surface area contributed by atoms with Gasteiger partial charge in [0, 0.05) is 25.4 Å². The van der Waals surface area contributed by atoms with E-state index in [9.17, 15) is 9.90 Å². The van der Waals surface area contributed by atoms with Crippen molar-refractivity contribution >= 4 is 12.4 Å². The van der Waals surface area contributed by atoms with E-state index in [1.807, 2.05) is 0 Å². The maximum Gasteiger partial charge on any atom is 0.313 e. The SMILES string of the molecule is CC(C)Cc1nc(CN2C[C@@H]3COC[C@]3(C(=O)O)C2)no1.O=CO. The van der Waals surface area contributed by atoms with Crippen LogP contribution in [-0.2, 0) is 27.3 Å². The molecule has 3 rings (SSSR count). The van der Waals surface area contributed by atoms with Crippen LogP contribution in [0.3, 0.4) is 0 Å². The van der Waals surface area contributed by atoms with E-state index in [-0.39, 0.29) is 12.4 Å². The Kier molecular flexibility index (Phi) is 5.89. The fourth-order valence-corrected chi connectivity index (χ4v) is 3.25. The molecule has 0 saturated carbocycles. The van der Waals surface area contributed by atoms with Gasteiger partial charge in [-0.2, -0.15) is 4.98 Å². The van der Waals surface area contributed by atoms with Crippen LogP contribution in [0.2, 0.25) is 0 Å². The van der Waals surface area contributed by atoms with E-state index in [1.54, 1.807) is 0 Å². The number of carboxylic acid groups (broad SMARTS) is 2. The van der Waals surface area contributed by atoms with Crippen LogP contribution in [0.1, 0.15) is 25.6 Å². The van der Waals surface area contributed by atoms with Crippen LogP contribution in [0.5, 0.6) is 0 Å². The Hall–Kier alpha value is -2.00. The Labute approximate surface area is 139 Å². The molecule has 0 bridgehead atoms. The lowest BCUT2D eigenvalue weighted by molar-refractivity contribution is -0.149. The number of ether oxygens (including phenoxy) is 1. The zero-order chi connectivity index (χ0) is 17.7. The number of aromatic nitrogens is 2. The number of rotatable bonds is 5. The highest BCUT2D eigenvalue weighted by Crippen LogP contribution is 2.41. The van der Waals surface area contributed by atoms with E-state index in [0.717, 1.165) is 6.42 Å². The quantitative estimate of drug-likeness (QED) is 0.736. The van der Waals surface area contributed by atoms with Gasteiger partial charge >= 0.3 is 5.97 Å². The number of hydrogen-bond acceptors (Lipinski definition) is 7. The molecule has 2 aliphatic heterocycles. The molecular weight excluding hydrogens is 318 g/mol. The summed E-state index contributed by atoms with van der Waals surface area (Å²) in [5.74, 6) is 1.04. The van der Waals surface area contributed by atoms with Crippen molar-refractivity contribution in [3.05, 3.63) is 11.7 Å². The lowest BCUT2D eigenvalue weighted by Crippen LogP contribution is -2.38. The summed E-state index contributed by atoms with van der Waals surface area (Å²) in [4.78, 5) is 26.4. The number of fused-ring (bicyclic) bond motifs is 1. The van der Waals surface area contributed by atoms with Gasteiger partial charge in [-0.05, 0) is 5.92 Å². The summed E-state index contributed by atoms with van der Waals surface area (Å²) < 4.78 is 10.6. The number of nitrogens with zero attached hydrogens (tertiary/aromatic N) is 3. The highest BCUT2D eigenvalue weighted by Gasteiger charge is 2.56. The average molecular weight is 341 g/mol. The molecule has 0 spiro atoms. The fraction of sp³-hybridized carbons (Fsp3) is 0.733. The molecule has 2 N–H and O–H groups in total. The van der Waals surface area contributed by atoms with Crippen molar-refractivity contribution in [3.8, 4) is 0 Å². The van der Waals surface area contributed by atoms with Gasteiger partial charge in [-0.25, -0.2) is 0 Å². The minimum atomic E-state index is -0.763. The van der Waals surface area contributed by atoms with Crippen LogP contribution < -0.4 is 0 Å². The van der Waals surface area contributed by atoms with Crippen LogP contribution in [-0.4, -0.2) is 64.0 Å². The van der Waals surface area contributed by atoms with Crippen molar-refractivity contribution in [2.24, 2.45) is 17.3 Å². The van der Waals surface area contributed by atoms with E-state index in [2.05, 4.69) is 28.9 Å². The van der Waals surface area contributed by atoms with Crippen molar-refractivity contribution in [2.75, 3.05) is 26.3 Å². The molecule has 24 heavy (non-hydrogen) atoms. The largest absolute Gasteiger partial charge is 0.483 e. The highest BCUT2D eigenvalue weighted by atomic mass is 16.5. The Morgan fingerprint density at radius 2 is 2.25 bits per heavy atom. The average Bonchev–Trinajstić information content (AvgIpc) is 3.14. The predicted octanol–water partition coefficient (Wildman–Crippen LogP) is 0.502. The topological polar surface area (TPSA) is 126 Å². The second-order valence-electron chi connectivity index (χ2n) is 6.65. The van der Waals surface area contributed by atoms with E-state index in [4.69, 9.17) is 19.2 Å². The summed E-state index contributed by atoms with van der Waals surface area (Å²) >= 11 is 0. The van der Waals surface area contributed by atoms with Crippen molar-refractivity contribution in [3.63, 3.8) is 0 Å². The van der Waals surface area contributed by atoms with Gasteiger partial charge < -0.3 is 19.5 Å². The third-order valence-electron chi connectivity index (χ3n) is 4.33. The first-order chi connectivity index (χ1) is 11.4. The number of hydrogen-bond donors (Lipinski definition) is 2. The Balaban J connectivity index is 0.000000647. The molecule has 2 atom stereocenters. The van der Waals surface area contributed by atoms with Crippen molar-refractivity contribution in [1.29, 1.82) is 0 Å². The summed E-state index contributed by atoms with van der Waals surface area (Å²) in [6, 6.07) is 0. The molecule has 0 unspecified atom stereocenters. The van der Waals surface area contributed by atoms with Crippen molar-refractivity contribution in [1.82, 2.24) is 15.0 Å². The number of carbonyl (C=O) groups is 2. The summed E-state index contributed by atoms with van der Waals surface area (Å²) in [7, 11) is 0. The molecule has 1 aromatic heterocycles. The standard InChI is InChI=1S/C14H21N3O4.CH2O2/c1-9(2)3-12-15-11(16-21-12)5-17-4-10-6-20-8-14(10,7-17)13(18)19;2-1-3/h9-10H,3-8H2,1-2H3,(H,18,19);1H,(H,2,3)/t10-,14-;/m1./s1. The third-order valence-corrected chi connectivity index (χ3v) is 4.33. The molecular formula is C15H23N3O6. The summed E-state index contributed by atoms with van der Waals surface area (Å²) in [6.45, 7) is 6.50. The minimum Gasteiger partial charge on any atom is -0.483 e.